The van der Waals surface area contributed by atoms with E-state index in [0.29, 0.717) is 17.9 Å². The zero-order chi connectivity index (χ0) is 16.0. The lowest BCUT2D eigenvalue weighted by molar-refractivity contribution is 0.354. The Kier molecular flexibility index (Phi) is 5.35. The molecule has 0 aliphatic carbocycles. The smallest absolute Gasteiger partial charge is 0.240 e. The number of sulfonamides is 1. The minimum atomic E-state index is -3.60. The van der Waals surface area contributed by atoms with Crippen LogP contribution in [-0.4, -0.2) is 34.2 Å². The number of pyridine rings is 1. The lowest BCUT2D eigenvalue weighted by atomic mass is 10.3. The summed E-state index contributed by atoms with van der Waals surface area (Å²) in [5.74, 6) is 0.852. The molecule has 2 aromatic rings. The minimum absolute atomic E-state index is 0.131. The van der Waals surface area contributed by atoms with E-state index in [2.05, 4.69) is 9.71 Å². The van der Waals surface area contributed by atoms with Crippen LogP contribution in [0, 0.1) is 0 Å². The number of nitrogens with one attached hydrogen (secondary N) is 1. The molecule has 1 N–H and O–H groups in total. The van der Waals surface area contributed by atoms with E-state index in [9.17, 15) is 8.42 Å². The molecule has 118 valence electrons. The van der Waals surface area contributed by atoms with E-state index >= 15 is 0 Å². The third kappa shape index (κ3) is 3.96. The summed E-state index contributed by atoms with van der Waals surface area (Å²) in [5.41, 5.74) is 0.831. The molecule has 0 amide bonds. The summed E-state index contributed by atoms with van der Waals surface area (Å²) in [6.45, 7) is 0.272. The van der Waals surface area contributed by atoms with Gasteiger partial charge in [-0.1, -0.05) is 6.07 Å². The van der Waals surface area contributed by atoms with Crippen LogP contribution in [0.5, 0.6) is 11.5 Å². The van der Waals surface area contributed by atoms with Crippen LogP contribution < -0.4 is 14.2 Å². The van der Waals surface area contributed by atoms with Crippen molar-refractivity contribution in [1.29, 1.82) is 0 Å². The first-order valence-corrected chi connectivity index (χ1v) is 8.17. The van der Waals surface area contributed by atoms with Crippen LogP contribution in [0.1, 0.15) is 5.69 Å². The number of nitrogens with zero attached hydrogens (tertiary/aromatic N) is 1. The fraction of sp³-hybridized carbons (Fsp3) is 0.267. The molecule has 0 saturated heterocycles. The summed E-state index contributed by atoms with van der Waals surface area (Å²) in [6.07, 6.45) is 2.20. The molecule has 0 unspecified atom stereocenters. The van der Waals surface area contributed by atoms with E-state index in [1.165, 1.54) is 26.4 Å². The molecule has 0 aliphatic heterocycles. The van der Waals surface area contributed by atoms with Crippen LogP contribution in [0.15, 0.2) is 47.5 Å². The predicted molar refractivity (Wildman–Crippen MR) is 82.7 cm³/mol. The molecule has 0 atom stereocenters. The maximum absolute atomic E-state index is 12.3. The van der Waals surface area contributed by atoms with Gasteiger partial charge < -0.3 is 9.47 Å². The monoisotopic (exact) mass is 322 g/mol. The number of rotatable bonds is 7. The zero-order valence-corrected chi connectivity index (χ0v) is 13.3. The first-order valence-electron chi connectivity index (χ1n) is 6.68. The third-order valence-corrected chi connectivity index (χ3v) is 4.52. The van der Waals surface area contributed by atoms with Gasteiger partial charge in [0, 0.05) is 30.9 Å². The van der Waals surface area contributed by atoms with Crippen molar-refractivity contribution in [3.8, 4) is 11.5 Å². The molecule has 0 aliphatic rings. The van der Waals surface area contributed by atoms with Gasteiger partial charge in [0.05, 0.1) is 19.1 Å². The van der Waals surface area contributed by atoms with Crippen molar-refractivity contribution in [3.63, 3.8) is 0 Å². The molecule has 0 fully saturated rings. The van der Waals surface area contributed by atoms with Crippen molar-refractivity contribution < 1.29 is 17.9 Å². The summed E-state index contributed by atoms with van der Waals surface area (Å²) in [6, 6.07) is 10.0. The summed E-state index contributed by atoms with van der Waals surface area (Å²) in [5, 5.41) is 0. The molecule has 22 heavy (non-hydrogen) atoms. The number of benzene rings is 1. The van der Waals surface area contributed by atoms with Gasteiger partial charge in [-0.05, 0) is 24.3 Å². The van der Waals surface area contributed by atoms with E-state index in [0.717, 1.165) is 5.69 Å². The second-order valence-electron chi connectivity index (χ2n) is 4.49. The Labute approximate surface area is 130 Å². The van der Waals surface area contributed by atoms with Crippen molar-refractivity contribution in [1.82, 2.24) is 9.71 Å². The van der Waals surface area contributed by atoms with Gasteiger partial charge in [0.25, 0.3) is 0 Å². The number of hydrogen-bond acceptors (Lipinski definition) is 5. The molecule has 2 rings (SSSR count). The van der Waals surface area contributed by atoms with Crippen LogP contribution in [0.3, 0.4) is 0 Å². The van der Waals surface area contributed by atoms with Crippen LogP contribution in [-0.2, 0) is 16.4 Å². The van der Waals surface area contributed by atoms with Crippen LogP contribution in [0.25, 0.3) is 0 Å². The maximum atomic E-state index is 12.3. The van der Waals surface area contributed by atoms with E-state index in [-0.39, 0.29) is 11.4 Å². The lowest BCUT2D eigenvalue weighted by Gasteiger charge is -2.11. The Morgan fingerprint density at radius 2 is 1.86 bits per heavy atom. The van der Waals surface area contributed by atoms with Gasteiger partial charge >= 0.3 is 0 Å². The molecule has 6 nitrogen and oxygen atoms in total. The Hall–Kier alpha value is -2.12. The highest BCUT2D eigenvalue weighted by atomic mass is 32.2. The number of hydrogen-bond donors (Lipinski definition) is 1. The van der Waals surface area contributed by atoms with Crippen LogP contribution in [0.4, 0.5) is 0 Å². The van der Waals surface area contributed by atoms with Gasteiger partial charge in [0.15, 0.2) is 11.5 Å². The second kappa shape index (κ2) is 7.24. The standard InChI is InChI=1S/C15H18N2O4S/c1-20-14-7-6-13(11-15(14)21-2)22(18,19)17-10-8-12-5-3-4-9-16-12/h3-7,9,11,17H,8,10H2,1-2H3. The van der Waals surface area contributed by atoms with Gasteiger partial charge in [0.2, 0.25) is 10.0 Å². The number of methoxy groups -OCH3 is 2. The molecule has 1 aromatic heterocycles. The molecule has 0 spiro atoms. The van der Waals surface area contributed by atoms with Crippen LogP contribution >= 0.6 is 0 Å². The van der Waals surface area contributed by atoms with Gasteiger partial charge in [-0.3, -0.25) is 4.98 Å². The van der Waals surface area contributed by atoms with E-state index in [4.69, 9.17) is 9.47 Å². The van der Waals surface area contributed by atoms with Gasteiger partial charge in [0.1, 0.15) is 0 Å². The molecule has 1 aromatic carbocycles. The Morgan fingerprint density at radius 3 is 2.50 bits per heavy atom. The largest absolute Gasteiger partial charge is 0.493 e. The molecule has 7 heteroatoms. The zero-order valence-electron chi connectivity index (χ0n) is 12.4. The summed E-state index contributed by atoms with van der Waals surface area (Å²) in [4.78, 5) is 4.28. The van der Waals surface area contributed by atoms with E-state index in [1.807, 2.05) is 18.2 Å². The Morgan fingerprint density at radius 1 is 1.09 bits per heavy atom. The number of ether oxygens (including phenoxy) is 2. The van der Waals surface area contributed by atoms with Crippen molar-refractivity contribution in [2.75, 3.05) is 20.8 Å². The maximum Gasteiger partial charge on any atom is 0.240 e. The summed E-state index contributed by atoms with van der Waals surface area (Å²) in [7, 11) is -0.643. The van der Waals surface area contributed by atoms with Crippen molar-refractivity contribution in [3.05, 3.63) is 48.3 Å². The lowest BCUT2D eigenvalue weighted by Crippen LogP contribution is -2.26. The van der Waals surface area contributed by atoms with Crippen molar-refractivity contribution in [2.24, 2.45) is 0 Å². The number of aromatic nitrogens is 1. The fourth-order valence-corrected chi connectivity index (χ4v) is 2.97. The van der Waals surface area contributed by atoms with Crippen molar-refractivity contribution >= 4 is 10.0 Å². The fourth-order valence-electron chi connectivity index (χ4n) is 1.93. The highest BCUT2D eigenvalue weighted by Crippen LogP contribution is 2.29. The quantitative estimate of drug-likeness (QED) is 0.838. The highest BCUT2D eigenvalue weighted by Gasteiger charge is 2.16. The van der Waals surface area contributed by atoms with Crippen molar-refractivity contribution in [2.45, 2.75) is 11.3 Å². The molecule has 0 radical (unpaired) electrons. The Balaban J connectivity index is 2.07. The van der Waals surface area contributed by atoms with Crippen LogP contribution in [0.2, 0.25) is 0 Å². The first-order chi connectivity index (χ1) is 10.6. The average molecular weight is 322 g/mol. The van der Waals surface area contributed by atoms with Gasteiger partial charge in [-0.15, -0.1) is 0 Å². The minimum Gasteiger partial charge on any atom is -0.493 e. The first kappa shape index (κ1) is 16.3. The highest BCUT2D eigenvalue weighted by molar-refractivity contribution is 7.89. The normalized spacial score (nSPS) is 11.2. The summed E-state index contributed by atoms with van der Waals surface area (Å²) < 4.78 is 37.3. The topological polar surface area (TPSA) is 77.5 Å². The average Bonchev–Trinajstić information content (AvgIpc) is 2.55. The molecule has 0 saturated carbocycles. The van der Waals surface area contributed by atoms with E-state index < -0.39 is 10.0 Å². The predicted octanol–water partition coefficient (Wildman–Crippen LogP) is 1.62. The van der Waals surface area contributed by atoms with E-state index in [1.54, 1.807) is 12.3 Å². The Bertz CT molecular complexity index is 718. The molecule has 0 bridgehead atoms. The molecular weight excluding hydrogens is 304 g/mol. The second-order valence-corrected chi connectivity index (χ2v) is 6.25. The summed E-state index contributed by atoms with van der Waals surface area (Å²) >= 11 is 0. The molecular formula is C15H18N2O4S. The SMILES string of the molecule is COc1ccc(S(=O)(=O)NCCc2ccccn2)cc1OC. The third-order valence-electron chi connectivity index (χ3n) is 3.06. The van der Waals surface area contributed by atoms with Gasteiger partial charge in [-0.2, -0.15) is 0 Å². The van der Waals surface area contributed by atoms with Gasteiger partial charge in [-0.25, -0.2) is 13.1 Å². The molecule has 1 heterocycles.